The van der Waals surface area contributed by atoms with E-state index >= 15 is 0 Å². The maximum atomic E-state index is 13.0. The number of rotatable bonds is 3. The molecule has 0 bridgehead atoms. The van der Waals surface area contributed by atoms with Crippen LogP contribution in [0.1, 0.15) is 17.9 Å². The average molecular weight is 447 g/mol. The molecular formula is C17H20Cl2N4O4S. The average Bonchev–Trinajstić information content (AvgIpc) is 2.84. The van der Waals surface area contributed by atoms with Crippen LogP contribution in [0.3, 0.4) is 0 Å². The molecular weight excluding hydrogens is 427 g/mol. The van der Waals surface area contributed by atoms with Crippen LogP contribution in [0.15, 0.2) is 27.6 Å². The number of halogens is 2. The summed E-state index contributed by atoms with van der Waals surface area (Å²) in [6.45, 7) is 4.35. The van der Waals surface area contributed by atoms with E-state index in [-0.39, 0.29) is 29.8 Å². The molecule has 152 valence electrons. The molecule has 1 aliphatic rings. The molecule has 1 fully saturated rings. The largest absolute Gasteiger partial charge is 0.360 e. The molecule has 1 aromatic heterocycles. The van der Waals surface area contributed by atoms with Crippen LogP contribution in [0.25, 0.3) is 0 Å². The summed E-state index contributed by atoms with van der Waals surface area (Å²) in [6.07, 6.45) is 0.511. The minimum absolute atomic E-state index is 0.0983. The summed E-state index contributed by atoms with van der Waals surface area (Å²) in [5, 5.41) is 7.22. The van der Waals surface area contributed by atoms with Crippen LogP contribution in [0.2, 0.25) is 10.0 Å². The summed E-state index contributed by atoms with van der Waals surface area (Å²) in [6, 6.07) is 4.49. The van der Waals surface area contributed by atoms with Crippen molar-refractivity contribution >= 4 is 44.9 Å². The molecule has 8 nitrogen and oxygen atoms in total. The second-order valence-corrected chi connectivity index (χ2v) is 9.15. The number of sulfonamides is 1. The van der Waals surface area contributed by atoms with Crippen molar-refractivity contribution in [2.24, 2.45) is 0 Å². The van der Waals surface area contributed by atoms with Gasteiger partial charge in [0.05, 0.1) is 10.0 Å². The van der Waals surface area contributed by atoms with Crippen LogP contribution in [-0.4, -0.2) is 55.0 Å². The van der Waals surface area contributed by atoms with Gasteiger partial charge in [-0.2, -0.15) is 4.31 Å². The Morgan fingerprint density at radius 3 is 2.54 bits per heavy atom. The molecule has 0 aliphatic carbocycles. The number of aromatic nitrogens is 1. The Bertz CT molecular complexity index is 974. The molecule has 0 spiro atoms. The lowest BCUT2D eigenvalue weighted by atomic mass is 10.3. The third-order valence-corrected chi connectivity index (χ3v) is 7.36. The molecule has 0 radical (unpaired) electrons. The molecule has 1 saturated heterocycles. The van der Waals surface area contributed by atoms with Gasteiger partial charge in [0.1, 0.15) is 10.6 Å². The van der Waals surface area contributed by atoms with Gasteiger partial charge in [0, 0.05) is 31.9 Å². The fourth-order valence-corrected chi connectivity index (χ4v) is 5.14. The highest BCUT2D eigenvalue weighted by molar-refractivity contribution is 7.89. The lowest BCUT2D eigenvalue weighted by Gasteiger charge is -2.22. The second-order valence-electron chi connectivity index (χ2n) is 6.46. The minimum atomic E-state index is -3.74. The second kappa shape index (κ2) is 8.28. The van der Waals surface area contributed by atoms with E-state index < -0.39 is 10.0 Å². The highest BCUT2D eigenvalue weighted by Crippen LogP contribution is 2.26. The monoisotopic (exact) mass is 446 g/mol. The third kappa shape index (κ3) is 4.27. The van der Waals surface area contributed by atoms with Gasteiger partial charge < -0.3 is 14.7 Å². The van der Waals surface area contributed by atoms with Crippen LogP contribution < -0.4 is 5.32 Å². The summed E-state index contributed by atoms with van der Waals surface area (Å²) in [4.78, 5) is 14.2. The predicted molar refractivity (Wildman–Crippen MR) is 106 cm³/mol. The summed E-state index contributed by atoms with van der Waals surface area (Å²) in [5.74, 6) is 0.260. The van der Waals surface area contributed by atoms with E-state index in [0.717, 1.165) is 0 Å². The SMILES string of the molecule is Cc1noc(C)c1S(=O)(=O)N1CCCN(C(=O)Nc2ccc(Cl)c(Cl)c2)CC1. The van der Waals surface area contributed by atoms with E-state index in [1.165, 1.54) is 4.31 Å². The molecule has 0 atom stereocenters. The van der Waals surface area contributed by atoms with E-state index in [2.05, 4.69) is 10.5 Å². The van der Waals surface area contributed by atoms with E-state index in [1.807, 2.05) is 0 Å². The van der Waals surface area contributed by atoms with Crippen LogP contribution in [0, 0.1) is 13.8 Å². The quantitative estimate of drug-likeness (QED) is 0.777. The van der Waals surface area contributed by atoms with E-state index in [9.17, 15) is 13.2 Å². The molecule has 1 N–H and O–H groups in total. The predicted octanol–water partition coefficient (Wildman–Crippen LogP) is 3.53. The molecule has 1 aliphatic heterocycles. The van der Waals surface area contributed by atoms with Gasteiger partial charge in [-0.25, -0.2) is 13.2 Å². The zero-order valence-electron chi connectivity index (χ0n) is 15.4. The maximum absolute atomic E-state index is 13.0. The summed E-state index contributed by atoms with van der Waals surface area (Å²) < 4.78 is 32.3. The fourth-order valence-electron chi connectivity index (χ4n) is 3.09. The van der Waals surface area contributed by atoms with Crippen LogP contribution in [-0.2, 0) is 10.0 Å². The first-order valence-electron chi connectivity index (χ1n) is 8.64. The number of amides is 2. The van der Waals surface area contributed by atoms with Gasteiger partial charge in [-0.1, -0.05) is 28.4 Å². The zero-order chi connectivity index (χ0) is 20.5. The summed E-state index contributed by atoms with van der Waals surface area (Å²) in [5.41, 5.74) is 0.847. The smallest absolute Gasteiger partial charge is 0.321 e. The molecule has 2 aromatic rings. The van der Waals surface area contributed by atoms with Gasteiger partial charge in [0.25, 0.3) is 0 Å². The van der Waals surface area contributed by atoms with Gasteiger partial charge in [0.15, 0.2) is 5.76 Å². The number of benzene rings is 1. The standard InChI is InChI=1S/C17H20Cl2N4O4S/c1-11-16(12(2)27-21-11)28(25,26)23-7-3-6-22(8-9-23)17(24)20-13-4-5-14(18)15(19)10-13/h4-5,10H,3,6-9H2,1-2H3,(H,20,24). The minimum Gasteiger partial charge on any atom is -0.360 e. The molecule has 0 unspecified atom stereocenters. The molecule has 28 heavy (non-hydrogen) atoms. The lowest BCUT2D eigenvalue weighted by Crippen LogP contribution is -2.39. The Morgan fingerprint density at radius 2 is 1.89 bits per heavy atom. The molecule has 0 saturated carbocycles. The van der Waals surface area contributed by atoms with Gasteiger partial charge in [-0.3, -0.25) is 0 Å². The molecule has 2 heterocycles. The normalized spacial score (nSPS) is 16.1. The summed E-state index contributed by atoms with van der Waals surface area (Å²) >= 11 is 11.9. The van der Waals surface area contributed by atoms with Crippen molar-refractivity contribution in [2.45, 2.75) is 25.2 Å². The van der Waals surface area contributed by atoms with Gasteiger partial charge in [0.2, 0.25) is 10.0 Å². The first kappa shape index (κ1) is 20.9. The van der Waals surface area contributed by atoms with Crippen molar-refractivity contribution in [3.05, 3.63) is 39.7 Å². The Hall–Kier alpha value is -1.81. The topological polar surface area (TPSA) is 95.8 Å². The van der Waals surface area contributed by atoms with Crippen LogP contribution >= 0.6 is 23.2 Å². The highest BCUT2D eigenvalue weighted by atomic mass is 35.5. The Balaban J connectivity index is 1.69. The van der Waals surface area contributed by atoms with Gasteiger partial charge in [-0.05, 0) is 38.5 Å². The van der Waals surface area contributed by atoms with Gasteiger partial charge >= 0.3 is 6.03 Å². The number of aryl methyl sites for hydroxylation is 2. The summed E-state index contributed by atoms with van der Waals surface area (Å²) in [7, 11) is -3.74. The number of nitrogens with zero attached hydrogens (tertiary/aromatic N) is 3. The number of carbonyl (C=O) groups is 1. The number of anilines is 1. The number of hydrogen-bond acceptors (Lipinski definition) is 5. The van der Waals surface area contributed by atoms with Crippen molar-refractivity contribution in [1.29, 1.82) is 0 Å². The molecule has 3 rings (SSSR count). The third-order valence-electron chi connectivity index (χ3n) is 4.48. The molecule has 2 amide bonds. The lowest BCUT2D eigenvalue weighted by molar-refractivity contribution is 0.214. The number of nitrogens with one attached hydrogen (secondary N) is 1. The molecule has 11 heteroatoms. The zero-order valence-corrected chi connectivity index (χ0v) is 17.7. The maximum Gasteiger partial charge on any atom is 0.321 e. The van der Waals surface area contributed by atoms with Crippen LogP contribution in [0.5, 0.6) is 0 Å². The van der Waals surface area contributed by atoms with Crippen molar-refractivity contribution in [1.82, 2.24) is 14.4 Å². The first-order valence-corrected chi connectivity index (χ1v) is 10.8. The molecule has 1 aromatic carbocycles. The number of carbonyl (C=O) groups excluding carboxylic acids is 1. The Morgan fingerprint density at radius 1 is 1.14 bits per heavy atom. The van der Waals surface area contributed by atoms with Crippen molar-refractivity contribution in [3.63, 3.8) is 0 Å². The Labute approximate surface area is 173 Å². The first-order chi connectivity index (χ1) is 13.2. The van der Waals surface area contributed by atoms with Crippen LogP contribution in [0.4, 0.5) is 10.5 Å². The van der Waals surface area contributed by atoms with Crippen molar-refractivity contribution in [2.75, 3.05) is 31.5 Å². The van der Waals surface area contributed by atoms with E-state index in [0.29, 0.717) is 40.9 Å². The van der Waals surface area contributed by atoms with Gasteiger partial charge in [-0.15, -0.1) is 0 Å². The van der Waals surface area contributed by atoms with E-state index in [1.54, 1.807) is 36.9 Å². The van der Waals surface area contributed by atoms with Crippen molar-refractivity contribution < 1.29 is 17.7 Å². The highest BCUT2D eigenvalue weighted by Gasteiger charge is 2.32. The van der Waals surface area contributed by atoms with E-state index in [4.69, 9.17) is 27.7 Å². The fraction of sp³-hybridized carbons (Fsp3) is 0.412. The number of urea groups is 1. The Kier molecular flexibility index (Phi) is 6.18. The van der Waals surface area contributed by atoms with Crippen molar-refractivity contribution in [3.8, 4) is 0 Å². The number of hydrogen-bond donors (Lipinski definition) is 1.